The van der Waals surface area contributed by atoms with E-state index in [-0.39, 0.29) is 11.8 Å². The molecular weight excluding hydrogens is 256 g/mol. The van der Waals surface area contributed by atoms with Gasteiger partial charge in [-0.25, -0.2) is 13.4 Å². The predicted molar refractivity (Wildman–Crippen MR) is 72.2 cm³/mol. The van der Waals surface area contributed by atoms with Crippen LogP contribution in [0, 0.1) is 6.92 Å². The second kappa shape index (κ2) is 6.47. The predicted octanol–water partition coefficient (Wildman–Crippen LogP) is 1.93. The standard InChI is InChI=1S/C11H20N2O2S2/c1-4-12-10(6-5-7-17(3,14)15)11-9(2)13-8-16-11/h8,10,12H,4-7H2,1-3H3. The quantitative estimate of drug-likeness (QED) is 0.826. The van der Waals surface area contributed by atoms with Crippen molar-refractivity contribution in [1.82, 2.24) is 10.3 Å². The maximum absolute atomic E-state index is 11.1. The van der Waals surface area contributed by atoms with E-state index < -0.39 is 9.84 Å². The molecule has 0 radical (unpaired) electrons. The molecule has 98 valence electrons. The smallest absolute Gasteiger partial charge is 0.147 e. The van der Waals surface area contributed by atoms with Crippen LogP contribution < -0.4 is 5.32 Å². The molecule has 1 atom stereocenters. The molecule has 0 aromatic carbocycles. The molecule has 1 aromatic rings. The highest BCUT2D eigenvalue weighted by Crippen LogP contribution is 2.25. The van der Waals surface area contributed by atoms with Crippen molar-refractivity contribution in [2.45, 2.75) is 32.7 Å². The minimum absolute atomic E-state index is 0.231. The minimum atomic E-state index is -2.85. The van der Waals surface area contributed by atoms with Crippen LogP contribution in [0.5, 0.6) is 0 Å². The maximum atomic E-state index is 11.1. The van der Waals surface area contributed by atoms with E-state index >= 15 is 0 Å². The van der Waals surface area contributed by atoms with Crippen LogP contribution in [0.4, 0.5) is 0 Å². The van der Waals surface area contributed by atoms with Crippen LogP contribution >= 0.6 is 11.3 Å². The van der Waals surface area contributed by atoms with Crippen LogP contribution in [0.2, 0.25) is 0 Å². The second-order valence-electron chi connectivity index (χ2n) is 4.18. The summed E-state index contributed by atoms with van der Waals surface area (Å²) in [5.41, 5.74) is 2.88. The van der Waals surface area contributed by atoms with E-state index in [2.05, 4.69) is 17.2 Å². The highest BCUT2D eigenvalue weighted by Gasteiger charge is 2.15. The number of thiazole rings is 1. The van der Waals surface area contributed by atoms with Crippen LogP contribution in [0.3, 0.4) is 0 Å². The fraction of sp³-hybridized carbons (Fsp3) is 0.727. The lowest BCUT2D eigenvalue weighted by Crippen LogP contribution is -2.21. The molecule has 0 aliphatic rings. The summed E-state index contributed by atoms with van der Waals surface area (Å²) in [4.78, 5) is 5.46. The van der Waals surface area contributed by atoms with Crippen LogP contribution in [0.1, 0.15) is 36.4 Å². The summed E-state index contributed by atoms with van der Waals surface area (Å²) in [6, 6.07) is 0.231. The molecule has 0 saturated carbocycles. The lowest BCUT2D eigenvalue weighted by molar-refractivity contribution is 0.511. The van der Waals surface area contributed by atoms with E-state index in [9.17, 15) is 8.42 Å². The Balaban J connectivity index is 2.59. The Hall–Kier alpha value is -0.460. The molecule has 0 aliphatic carbocycles. The van der Waals surface area contributed by atoms with E-state index in [4.69, 9.17) is 0 Å². The molecule has 6 heteroatoms. The molecule has 0 fully saturated rings. The van der Waals surface area contributed by atoms with Gasteiger partial charge in [-0.2, -0.15) is 0 Å². The van der Waals surface area contributed by atoms with Crippen molar-refractivity contribution < 1.29 is 8.42 Å². The van der Waals surface area contributed by atoms with Crippen LogP contribution in [-0.2, 0) is 9.84 Å². The number of sulfone groups is 1. The van der Waals surface area contributed by atoms with Gasteiger partial charge in [0, 0.05) is 22.9 Å². The van der Waals surface area contributed by atoms with Crippen molar-refractivity contribution in [3.05, 3.63) is 16.1 Å². The molecule has 0 saturated heterocycles. The van der Waals surface area contributed by atoms with Crippen LogP contribution in [-0.4, -0.2) is 32.0 Å². The molecule has 17 heavy (non-hydrogen) atoms. The highest BCUT2D eigenvalue weighted by atomic mass is 32.2. The Morgan fingerprint density at radius 2 is 2.24 bits per heavy atom. The van der Waals surface area contributed by atoms with Gasteiger partial charge in [-0.05, 0) is 26.3 Å². The van der Waals surface area contributed by atoms with Gasteiger partial charge in [0.25, 0.3) is 0 Å². The number of aromatic nitrogens is 1. The van der Waals surface area contributed by atoms with Gasteiger partial charge in [0.2, 0.25) is 0 Å². The zero-order valence-electron chi connectivity index (χ0n) is 10.6. The van der Waals surface area contributed by atoms with Gasteiger partial charge in [-0.15, -0.1) is 11.3 Å². The lowest BCUT2D eigenvalue weighted by Gasteiger charge is -2.16. The molecular formula is C11H20N2O2S2. The lowest BCUT2D eigenvalue weighted by atomic mass is 10.1. The number of hydrogen-bond acceptors (Lipinski definition) is 5. The fourth-order valence-corrected chi connectivity index (χ4v) is 3.37. The number of nitrogens with one attached hydrogen (secondary N) is 1. The Labute approximate surface area is 107 Å². The minimum Gasteiger partial charge on any atom is -0.309 e. The van der Waals surface area contributed by atoms with Gasteiger partial charge in [0.05, 0.1) is 11.2 Å². The fourth-order valence-electron chi connectivity index (χ4n) is 1.77. The van der Waals surface area contributed by atoms with E-state index in [0.717, 1.165) is 18.7 Å². The monoisotopic (exact) mass is 276 g/mol. The molecule has 1 N–H and O–H groups in total. The van der Waals surface area contributed by atoms with Gasteiger partial charge < -0.3 is 5.32 Å². The Bertz CT molecular complexity index is 440. The van der Waals surface area contributed by atoms with E-state index in [1.54, 1.807) is 11.3 Å². The number of aryl methyl sites for hydroxylation is 1. The zero-order chi connectivity index (χ0) is 12.9. The normalized spacial score (nSPS) is 13.8. The molecule has 1 aromatic heterocycles. The highest BCUT2D eigenvalue weighted by molar-refractivity contribution is 7.90. The largest absolute Gasteiger partial charge is 0.309 e. The average molecular weight is 276 g/mol. The van der Waals surface area contributed by atoms with E-state index in [0.29, 0.717) is 6.42 Å². The van der Waals surface area contributed by atoms with Crippen molar-refractivity contribution in [2.24, 2.45) is 0 Å². The van der Waals surface area contributed by atoms with Gasteiger partial charge in [-0.3, -0.25) is 0 Å². The van der Waals surface area contributed by atoms with Crippen LogP contribution in [0.25, 0.3) is 0 Å². The van der Waals surface area contributed by atoms with Crippen LogP contribution in [0.15, 0.2) is 5.51 Å². The second-order valence-corrected chi connectivity index (χ2v) is 7.33. The molecule has 1 unspecified atom stereocenters. The maximum Gasteiger partial charge on any atom is 0.147 e. The summed E-state index contributed by atoms with van der Waals surface area (Å²) in [6.45, 7) is 4.92. The summed E-state index contributed by atoms with van der Waals surface area (Å²) in [6.07, 6.45) is 2.81. The number of nitrogens with zero attached hydrogens (tertiary/aromatic N) is 1. The first-order valence-electron chi connectivity index (χ1n) is 5.75. The Morgan fingerprint density at radius 1 is 1.53 bits per heavy atom. The number of rotatable bonds is 7. The summed E-state index contributed by atoms with van der Waals surface area (Å²) >= 11 is 1.63. The van der Waals surface area contributed by atoms with Gasteiger partial charge in [0.15, 0.2) is 0 Å². The molecule has 1 heterocycles. The molecule has 0 spiro atoms. The van der Waals surface area contributed by atoms with Crippen molar-refractivity contribution in [3.63, 3.8) is 0 Å². The van der Waals surface area contributed by atoms with Gasteiger partial charge in [-0.1, -0.05) is 6.92 Å². The summed E-state index contributed by atoms with van der Waals surface area (Å²) < 4.78 is 22.2. The Morgan fingerprint density at radius 3 is 2.71 bits per heavy atom. The summed E-state index contributed by atoms with van der Waals surface area (Å²) in [5.74, 6) is 0.257. The Kier molecular flexibility index (Phi) is 5.55. The molecule has 1 rings (SSSR count). The van der Waals surface area contributed by atoms with Gasteiger partial charge in [0.1, 0.15) is 9.84 Å². The third kappa shape index (κ3) is 5.14. The van der Waals surface area contributed by atoms with Crippen molar-refractivity contribution >= 4 is 21.2 Å². The third-order valence-electron chi connectivity index (χ3n) is 2.56. The topological polar surface area (TPSA) is 59.1 Å². The SMILES string of the molecule is CCNC(CCCS(C)(=O)=O)c1scnc1C. The first-order chi connectivity index (χ1) is 7.94. The van der Waals surface area contributed by atoms with E-state index in [1.807, 2.05) is 12.4 Å². The van der Waals surface area contributed by atoms with Crippen molar-refractivity contribution in [1.29, 1.82) is 0 Å². The van der Waals surface area contributed by atoms with Gasteiger partial charge >= 0.3 is 0 Å². The molecule has 4 nitrogen and oxygen atoms in total. The third-order valence-corrected chi connectivity index (χ3v) is 4.63. The average Bonchev–Trinajstić information content (AvgIpc) is 2.61. The molecule has 0 aliphatic heterocycles. The zero-order valence-corrected chi connectivity index (χ0v) is 12.2. The molecule has 0 bridgehead atoms. The molecule has 0 amide bonds. The van der Waals surface area contributed by atoms with E-state index in [1.165, 1.54) is 11.1 Å². The summed E-state index contributed by atoms with van der Waals surface area (Å²) in [5, 5.41) is 3.39. The summed E-state index contributed by atoms with van der Waals surface area (Å²) in [7, 11) is -2.85. The van der Waals surface area contributed by atoms with Crippen molar-refractivity contribution in [3.8, 4) is 0 Å². The first kappa shape index (κ1) is 14.6. The van der Waals surface area contributed by atoms with Crippen molar-refractivity contribution in [2.75, 3.05) is 18.6 Å². The number of hydrogen-bond donors (Lipinski definition) is 1. The first-order valence-corrected chi connectivity index (χ1v) is 8.69.